The fraction of sp³-hybridized carbons (Fsp3) is 0.294. The molecule has 3 aromatic rings. The van der Waals surface area contributed by atoms with Crippen LogP contribution in [-0.4, -0.2) is 43.6 Å². The number of rotatable bonds is 2. The van der Waals surface area contributed by atoms with E-state index in [9.17, 15) is 4.79 Å². The molecular formula is C17H17N5O. The van der Waals surface area contributed by atoms with E-state index < -0.39 is 0 Å². The monoisotopic (exact) mass is 307 g/mol. The maximum atomic E-state index is 12.7. The van der Waals surface area contributed by atoms with Crippen molar-refractivity contribution in [2.24, 2.45) is 0 Å². The highest BCUT2D eigenvalue weighted by atomic mass is 16.2. The lowest BCUT2D eigenvalue weighted by Crippen LogP contribution is -2.29. The van der Waals surface area contributed by atoms with E-state index in [1.165, 1.54) is 0 Å². The fourth-order valence-electron chi connectivity index (χ4n) is 3.05. The third kappa shape index (κ3) is 2.56. The lowest BCUT2D eigenvalue weighted by Gasteiger charge is -2.17. The van der Waals surface area contributed by atoms with Crippen molar-refractivity contribution in [3.05, 3.63) is 54.1 Å². The van der Waals surface area contributed by atoms with Crippen LogP contribution in [0.1, 0.15) is 28.4 Å². The molecule has 0 saturated carbocycles. The van der Waals surface area contributed by atoms with Crippen LogP contribution in [0.25, 0.3) is 11.0 Å². The summed E-state index contributed by atoms with van der Waals surface area (Å²) in [4.78, 5) is 23.1. The molecule has 6 nitrogen and oxygen atoms in total. The zero-order chi connectivity index (χ0) is 15.8. The molecule has 1 aliphatic heterocycles. The minimum Gasteiger partial charge on any atom is -0.336 e. The zero-order valence-corrected chi connectivity index (χ0v) is 12.9. The summed E-state index contributed by atoms with van der Waals surface area (Å²) in [6.07, 6.45) is 8.11. The molecule has 6 heteroatoms. The van der Waals surface area contributed by atoms with E-state index in [1.54, 1.807) is 12.4 Å². The number of carbonyl (C=O) groups is 1. The van der Waals surface area contributed by atoms with Gasteiger partial charge >= 0.3 is 0 Å². The van der Waals surface area contributed by atoms with Crippen molar-refractivity contribution in [1.82, 2.24) is 24.6 Å². The van der Waals surface area contributed by atoms with E-state index in [2.05, 4.69) is 15.1 Å². The largest absolute Gasteiger partial charge is 0.336 e. The van der Waals surface area contributed by atoms with Crippen LogP contribution in [0, 0.1) is 6.92 Å². The summed E-state index contributed by atoms with van der Waals surface area (Å²) in [6, 6.07) is 5.74. The Morgan fingerprint density at radius 3 is 2.83 bits per heavy atom. The van der Waals surface area contributed by atoms with Crippen molar-refractivity contribution >= 4 is 16.9 Å². The Morgan fingerprint density at radius 1 is 1.22 bits per heavy atom. The highest BCUT2D eigenvalue weighted by Gasteiger charge is 2.28. The highest BCUT2D eigenvalue weighted by Crippen LogP contribution is 2.23. The predicted molar refractivity (Wildman–Crippen MR) is 86.1 cm³/mol. The smallest absolute Gasteiger partial charge is 0.254 e. The Kier molecular flexibility index (Phi) is 3.29. The van der Waals surface area contributed by atoms with Crippen molar-refractivity contribution in [1.29, 1.82) is 0 Å². The van der Waals surface area contributed by atoms with Crippen LogP contribution in [0.3, 0.4) is 0 Å². The van der Waals surface area contributed by atoms with Crippen molar-refractivity contribution in [3.8, 4) is 0 Å². The first-order chi connectivity index (χ1) is 11.2. The molecule has 0 N–H and O–H groups in total. The number of fused-ring (bicyclic) bond motifs is 1. The molecule has 4 rings (SSSR count). The second-order valence-electron chi connectivity index (χ2n) is 5.95. The standard InChI is InChI=1S/C17H17N5O/c1-12-9-20-22(10-12)14-4-7-21(11-14)17(23)13-2-3-15-16(8-13)19-6-5-18-15/h2-3,5-6,8-10,14H,4,7,11H2,1H3. The molecule has 1 amide bonds. The van der Waals surface area contributed by atoms with Gasteiger partial charge in [-0.2, -0.15) is 5.10 Å². The number of carbonyl (C=O) groups excluding carboxylic acids is 1. The van der Waals surface area contributed by atoms with E-state index in [1.807, 2.05) is 47.1 Å². The van der Waals surface area contributed by atoms with Crippen LogP contribution in [0.4, 0.5) is 0 Å². The number of amides is 1. The molecule has 1 fully saturated rings. The van der Waals surface area contributed by atoms with Crippen LogP contribution in [-0.2, 0) is 0 Å². The summed E-state index contributed by atoms with van der Waals surface area (Å²) in [5, 5.41) is 4.37. The molecule has 1 aliphatic rings. The van der Waals surface area contributed by atoms with E-state index >= 15 is 0 Å². The third-order valence-electron chi connectivity index (χ3n) is 4.27. The molecule has 0 spiro atoms. The number of aromatic nitrogens is 4. The SMILES string of the molecule is Cc1cnn(C2CCN(C(=O)c3ccc4nccnc4c3)C2)c1. The van der Waals surface area contributed by atoms with Crippen molar-refractivity contribution in [2.75, 3.05) is 13.1 Å². The summed E-state index contributed by atoms with van der Waals surface area (Å²) in [5.74, 6) is 0.0453. The van der Waals surface area contributed by atoms with Gasteiger partial charge in [0.1, 0.15) is 0 Å². The van der Waals surface area contributed by atoms with Gasteiger partial charge in [-0.15, -0.1) is 0 Å². The quantitative estimate of drug-likeness (QED) is 0.728. The molecule has 0 radical (unpaired) electrons. The second kappa shape index (κ2) is 5.46. The molecule has 1 saturated heterocycles. The first-order valence-electron chi connectivity index (χ1n) is 7.71. The molecule has 23 heavy (non-hydrogen) atoms. The fourth-order valence-corrected chi connectivity index (χ4v) is 3.05. The number of aryl methyl sites for hydroxylation is 1. The van der Waals surface area contributed by atoms with E-state index in [-0.39, 0.29) is 11.9 Å². The maximum Gasteiger partial charge on any atom is 0.254 e. The Labute approximate surface area is 133 Å². The van der Waals surface area contributed by atoms with E-state index in [0.717, 1.165) is 29.6 Å². The number of likely N-dealkylation sites (tertiary alicyclic amines) is 1. The van der Waals surface area contributed by atoms with Crippen molar-refractivity contribution in [3.63, 3.8) is 0 Å². The lowest BCUT2D eigenvalue weighted by molar-refractivity contribution is 0.0787. The minimum atomic E-state index is 0.0453. The molecule has 2 aromatic heterocycles. The normalized spacial score (nSPS) is 17.8. The van der Waals surface area contributed by atoms with Crippen LogP contribution >= 0.6 is 0 Å². The van der Waals surface area contributed by atoms with Gasteiger partial charge in [-0.1, -0.05) is 0 Å². The number of hydrogen-bond acceptors (Lipinski definition) is 4. The van der Waals surface area contributed by atoms with Crippen LogP contribution < -0.4 is 0 Å². The van der Waals surface area contributed by atoms with Crippen molar-refractivity contribution < 1.29 is 4.79 Å². The second-order valence-corrected chi connectivity index (χ2v) is 5.95. The van der Waals surface area contributed by atoms with Gasteiger partial charge in [-0.25, -0.2) is 0 Å². The molecule has 116 valence electrons. The van der Waals surface area contributed by atoms with Gasteiger partial charge in [0, 0.05) is 37.2 Å². The van der Waals surface area contributed by atoms with Crippen LogP contribution in [0.2, 0.25) is 0 Å². The number of benzene rings is 1. The molecule has 1 aromatic carbocycles. The first kappa shape index (κ1) is 13.9. The Bertz CT molecular complexity index is 872. The Balaban J connectivity index is 1.54. The van der Waals surface area contributed by atoms with Gasteiger partial charge in [0.2, 0.25) is 0 Å². The third-order valence-corrected chi connectivity index (χ3v) is 4.27. The van der Waals surface area contributed by atoms with Gasteiger partial charge in [-0.3, -0.25) is 19.4 Å². The lowest BCUT2D eigenvalue weighted by atomic mass is 10.1. The topological polar surface area (TPSA) is 63.9 Å². The molecule has 3 heterocycles. The van der Waals surface area contributed by atoms with Gasteiger partial charge in [0.05, 0.1) is 23.3 Å². The Morgan fingerprint density at radius 2 is 2.04 bits per heavy atom. The summed E-state index contributed by atoms with van der Waals surface area (Å²) in [5.41, 5.74) is 3.35. The zero-order valence-electron chi connectivity index (χ0n) is 12.9. The predicted octanol–water partition coefficient (Wildman–Crippen LogP) is 2.22. The molecule has 1 atom stereocenters. The number of hydrogen-bond donors (Lipinski definition) is 0. The van der Waals surface area contributed by atoms with Crippen LogP contribution in [0.5, 0.6) is 0 Å². The molecule has 1 unspecified atom stereocenters. The average molecular weight is 307 g/mol. The molecular weight excluding hydrogens is 290 g/mol. The average Bonchev–Trinajstić information content (AvgIpc) is 3.22. The summed E-state index contributed by atoms with van der Waals surface area (Å²) in [7, 11) is 0. The summed E-state index contributed by atoms with van der Waals surface area (Å²) < 4.78 is 1.97. The highest BCUT2D eigenvalue weighted by molar-refractivity contribution is 5.97. The minimum absolute atomic E-state index is 0.0453. The van der Waals surface area contributed by atoms with Gasteiger partial charge < -0.3 is 4.90 Å². The Hall–Kier alpha value is -2.76. The van der Waals surface area contributed by atoms with Crippen LogP contribution in [0.15, 0.2) is 43.0 Å². The van der Waals surface area contributed by atoms with E-state index in [4.69, 9.17) is 0 Å². The molecule has 0 aliphatic carbocycles. The number of nitrogens with zero attached hydrogens (tertiary/aromatic N) is 5. The summed E-state index contributed by atoms with van der Waals surface area (Å²) >= 11 is 0. The summed E-state index contributed by atoms with van der Waals surface area (Å²) in [6.45, 7) is 3.47. The van der Waals surface area contributed by atoms with Crippen molar-refractivity contribution in [2.45, 2.75) is 19.4 Å². The van der Waals surface area contributed by atoms with Gasteiger partial charge in [0.15, 0.2) is 0 Å². The van der Waals surface area contributed by atoms with E-state index in [0.29, 0.717) is 12.1 Å². The first-order valence-corrected chi connectivity index (χ1v) is 7.71. The van der Waals surface area contributed by atoms with Gasteiger partial charge in [-0.05, 0) is 37.1 Å². The maximum absolute atomic E-state index is 12.7. The van der Waals surface area contributed by atoms with Gasteiger partial charge in [0.25, 0.3) is 5.91 Å². The molecule has 0 bridgehead atoms.